The second-order valence-corrected chi connectivity index (χ2v) is 26.9. The summed E-state index contributed by atoms with van der Waals surface area (Å²) in [6.45, 7) is -7.49. The zero-order valence-corrected chi connectivity index (χ0v) is 70.3. The van der Waals surface area contributed by atoms with Gasteiger partial charge in [0.2, 0.25) is 16.7 Å². The Morgan fingerprint density at radius 3 is 1.18 bits per heavy atom. The molecular weight excluding hydrogens is 1830 g/mol. The minimum Gasteiger partial charge on any atom is -0.466 e. The van der Waals surface area contributed by atoms with Crippen molar-refractivity contribution in [1.29, 1.82) is 0 Å². The van der Waals surface area contributed by atoms with Gasteiger partial charge in [0.15, 0.2) is 11.5 Å². The number of nitrogen functional groups attached to an aromatic ring is 2. The van der Waals surface area contributed by atoms with Gasteiger partial charge >= 0.3 is 43.8 Å². The van der Waals surface area contributed by atoms with E-state index in [-0.39, 0.29) is 106 Å². The molecule has 0 radical (unpaired) electrons. The van der Waals surface area contributed by atoms with Crippen LogP contribution in [0.5, 0.6) is 23.0 Å². The van der Waals surface area contributed by atoms with E-state index in [0.717, 1.165) is 49.5 Å². The van der Waals surface area contributed by atoms with Crippen molar-refractivity contribution in [2.45, 2.75) is 46.7 Å². The van der Waals surface area contributed by atoms with Crippen LogP contribution in [0.1, 0.15) is 19.4 Å². The van der Waals surface area contributed by atoms with Crippen molar-refractivity contribution in [2.24, 2.45) is 0 Å². The van der Waals surface area contributed by atoms with Gasteiger partial charge in [0.25, 0.3) is 0 Å². The lowest BCUT2D eigenvalue weighted by molar-refractivity contribution is -0.386. The number of alkyl halides is 8. The van der Waals surface area contributed by atoms with E-state index in [1.54, 1.807) is 19.1 Å². The molecule has 125 heavy (non-hydrogen) atoms. The van der Waals surface area contributed by atoms with Crippen LogP contribution in [0.4, 0.5) is 110 Å². The van der Waals surface area contributed by atoms with Crippen molar-refractivity contribution < 1.29 is 101 Å². The number of aromatic nitrogens is 8. The number of ketones is 1. The highest BCUT2D eigenvalue weighted by Gasteiger charge is 2.25. The van der Waals surface area contributed by atoms with Crippen LogP contribution >= 0.6 is 82.0 Å². The third-order valence-corrected chi connectivity index (χ3v) is 16.5. The summed E-state index contributed by atoms with van der Waals surface area (Å²) in [7, 11) is 7.55. The molecule has 0 aliphatic carbocycles. The highest BCUT2D eigenvalue weighted by molar-refractivity contribution is 6.66. The minimum absolute atomic E-state index is 0. The standard InChI is InChI=1S/C22H20ClF3N4O2.C15H8ClF3N4O3.C15H10ClF3N4O.C9H4ClF2N3O3.C6H5ClFN.C6H10ClNO.C4H8O2.ClH/c1-30(2)7-3-4-15(31)8-13-9-16-19(11-20(13)32-22(25)26)27-12-28-21(16)29-14-5-6-18(24)17(23)10-14;16-9-3-7(1-2-10(9)17)22-14-8-4-12(23(24)25)13(26-15(18)19)5-11(8)20-6-21-14;16-9-3-7(1-2-10(9)17)23-14-8-4-11(20)13(24-15(18)19)5-12(8)21-6-22-14;10-8-4-1-6(15(16)17)7(18-9(11)12)2-5(4)13-3-14-8;7-5-3-4(9)1-2-6(5)8;1-8(2)5-3-4-6(7)9;1-3-6-4(2)5;/h3-6,9-12,22H,7-8H2,1-2H3,(H,27,28,29);1-6,15H,(H,20,21,22);1-6,15H,20H2,(H,21,22,23);1-3,9H;1-3H,9H2;3-4H,5H2,1-2H3;3H2,1-2H3;1H/b4-3+;;;;;4-3+;;. The molecule has 8 aromatic carbocycles. The number of anilines is 8. The number of nitrogens with one attached hydrogen (secondary N) is 3. The monoisotopic (exact) mass is 1890 g/mol. The molecule has 0 atom stereocenters. The molecule has 0 spiro atoms. The molecule has 0 aliphatic rings. The van der Waals surface area contributed by atoms with Crippen LogP contribution in [0.25, 0.3) is 43.6 Å². The Labute approximate surface area is 736 Å². The summed E-state index contributed by atoms with van der Waals surface area (Å²) >= 11 is 33.4. The highest BCUT2D eigenvalue weighted by Crippen LogP contribution is 2.39. The number of fused-ring (bicyclic) bond motifs is 4. The number of nitro groups is 2. The number of rotatable bonds is 25. The Kier molecular flexibility index (Phi) is 41.5. The number of benzene rings is 8. The molecule has 0 aliphatic heterocycles. The molecule has 48 heteroatoms. The molecule has 12 rings (SSSR count). The first-order chi connectivity index (χ1) is 58.6. The predicted octanol–water partition coefficient (Wildman–Crippen LogP) is 20.7. The fourth-order valence-corrected chi connectivity index (χ4v) is 10.7. The van der Waals surface area contributed by atoms with Gasteiger partial charge in [-0.15, -0.1) is 12.4 Å². The van der Waals surface area contributed by atoms with Gasteiger partial charge in [-0.05, 0) is 144 Å². The zero-order valence-electron chi connectivity index (χ0n) is 64.9. The first kappa shape index (κ1) is 103. The summed E-state index contributed by atoms with van der Waals surface area (Å²) in [6.07, 6.45) is 10.7. The smallest absolute Gasteiger partial charge is 0.387 e. The first-order valence-corrected chi connectivity index (χ1v) is 36.8. The van der Waals surface area contributed by atoms with E-state index in [0.29, 0.717) is 69.3 Å². The molecular formula is C77H66Cl7F12N17O12. The van der Waals surface area contributed by atoms with Gasteiger partial charge < -0.3 is 60.9 Å². The van der Waals surface area contributed by atoms with E-state index in [2.05, 4.69) is 79.5 Å². The van der Waals surface area contributed by atoms with E-state index in [1.165, 1.54) is 123 Å². The molecule has 29 nitrogen and oxygen atoms in total. The zero-order chi connectivity index (χ0) is 91.8. The lowest BCUT2D eigenvalue weighted by Crippen LogP contribution is -2.11. The molecule has 0 amide bonds. The van der Waals surface area contributed by atoms with Crippen molar-refractivity contribution in [1.82, 2.24) is 49.7 Å². The molecule has 0 saturated heterocycles. The number of nitro benzene ring substituents is 2. The summed E-state index contributed by atoms with van der Waals surface area (Å²) in [6, 6.07) is 25.6. The van der Waals surface area contributed by atoms with Crippen LogP contribution < -0.4 is 46.4 Å². The number of halogens is 19. The number of hydrogen-bond acceptors (Lipinski definition) is 27. The fourth-order valence-electron chi connectivity index (χ4n) is 9.69. The largest absolute Gasteiger partial charge is 0.466 e. The Hall–Kier alpha value is -12.5. The number of likely N-dealkylation sites (N-methyl/N-ethyl adjacent to an activating group) is 2. The van der Waals surface area contributed by atoms with Crippen molar-refractivity contribution in [3.63, 3.8) is 0 Å². The summed E-state index contributed by atoms with van der Waals surface area (Å²) < 4.78 is 174. The van der Waals surface area contributed by atoms with Crippen LogP contribution in [0.15, 0.2) is 171 Å². The summed E-state index contributed by atoms with van der Waals surface area (Å²) in [5.74, 6) is -3.33. The number of ether oxygens (including phenoxy) is 5. The number of hydrogen-bond donors (Lipinski definition) is 5. The quantitative estimate of drug-likeness (QED) is 0.00518. The van der Waals surface area contributed by atoms with Crippen molar-refractivity contribution in [3.05, 3.63) is 245 Å². The third-order valence-electron chi connectivity index (χ3n) is 14.9. The van der Waals surface area contributed by atoms with Gasteiger partial charge in [-0.2, -0.15) is 35.1 Å². The highest BCUT2D eigenvalue weighted by atomic mass is 35.5. The topological polar surface area (TPSA) is 381 Å². The number of nitrogens with two attached hydrogens (primary N) is 2. The predicted molar refractivity (Wildman–Crippen MR) is 452 cm³/mol. The van der Waals surface area contributed by atoms with Crippen molar-refractivity contribution in [2.75, 3.05) is 75.3 Å². The van der Waals surface area contributed by atoms with Crippen molar-refractivity contribution >= 4 is 200 Å². The Balaban J connectivity index is 0.000000273. The lowest BCUT2D eigenvalue weighted by atomic mass is 10.0. The second-order valence-electron chi connectivity index (χ2n) is 24.6. The number of esters is 1. The SMILES string of the molecule is CCOC(C)=O.CN(C)C/C=C/C(=O)Cc1cc2c(Nc3ccc(F)c(Cl)c3)ncnc2cc1OC(F)F.CN(C)C/C=C/C(=O)Cl.Cl.Nc1cc2c(Nc3ccc(F)c(Cl)c3)ncnc2cc1OC(F)F.Nc1ccc(F)c(Cl)c1.O=[N+]([O-])c1cc2c(Cl)ncnc2cc1OC(F)F.O=[N+]([O-])c1cc2c(Nc3ccc(F)c(Cl)c3)ncnc2cc1OC(F)F. The van der Waals surface area contributed by atoms with Crippen molar-refractivity contribution in [3.8, 4) is 23.0 Å². The van der Waals surface area contributed by atoms with E-state index in [4.69, 9.17) is 81.1 Å². The van der Waals surface area contributed by atoms with E-state index in [1.807, 2.05) is 38.0 Å². The van der Waals surface area contributed by atoms with Gasteiger partial charge in [-0.1, -0.05) is 70.2 Å². The maximum Gasteiger partial charge on any atom is 0.387 e. The Bertz CT molecular complexity index is 5820. The van der Waals surface area contributed by atoms with E-state index >= 15 is 0 Å². The van der Waals surface area contributed by atoms with E-state index < -0.39 is 87.7 Å². The third kappa shape index (κ3) is 33.9. The van der Waals surface area contributed by atoms with Crippen LogP contribution in [0.3, 0.4) is 0 Å². The molecule has 0 unspecified atom stereocenters. The average Bonchev–Trinajstić information content (AvgIpc) is 0.810. The van der Waals surface area contributed by atoms with Gasteiger partial charge in [0, 0.05) is 107 Å². The van der Waals surface area contributed by atoms with Crippen LogP contribution in [0, 0.1) is 43.5 Å². The van der Waals surface area contributed by atoms with Gasteiger partial charge in [-0.3, -0.25) is 34.6 Å². The molecule has 0 bridgehead atoms. The van der Waals surface area contributed by atoms with Crippen LogP contribution in [-0.2, 0) is 25.5 Å². The molecule has 0 fully saturated rings. The van der Waals surface area contributed by atoms with E-state index in [9.17, 15) is 87.3 Å². The summed E-state index contributed by atoms with van der Waals surface area (Å²) in [5.41, 5.74) is 12.8. The Morgan fingerprint density at radius 2 is 0.816 bits per heavy atom. The van der Waals surface area contributed by atoms with Gasteiger partial charge in [0.1, 0.15) is 76.9 Å². The Morgan fingerprint density at radius 1 is 0.472 bits per heavy atom. The summed E-state index contributed by atoms with van der Waals surface area (Å²) in [5, 5.41) is 31.4. The van der Waals surface area contributed by atoms with Crippen LogP contribution in [0.2, 0.25) is 25.2 Å². The minimum atomic E-state index is -3.23. The second kappa shape index (κ2) is 50.3. The molecule has 4 heterocycles. The number of nitrogens with zero attached hydrogens (tertiary/aromatic N) is 12. The summed E-state index contributed by atoms with van der Waals surface area (Å²) in [4.78, 5) is 88.0. The first-order valence-electron chi connectivity index (χ1n) is 34.6. The molecule has 7 N–H and O–H groups in total. The molecule has 0 saturated carbocycles. The number of carbonyl (C=O) groups excluding carboxylic acids is 3. The van der Waals surface area contributed by atoms with Gasteiger partial charge in [0.05, 0.1) is 69.7 Å². The normalized spacial score (nSPS) is 10.8. The lowest BCUT2D eigenvalue weighted by Gasteiger charge is -2.14. The molecule has 12 aromatic rings. The molecule has 4 aromatic heterocycles. The fraction of sp³-hybridized carbons (Fsp3) is 0.182. The average molecular weight is 1900 g/mol. The molecule has 664 valence electrons. The maximum absolute atomic E-state index is 13.4. The van der Waals surface area contributed by atoms with Crippen LogP contribution in [-0.4, -0.2) is 151 Å². The number of carbonyl (C=O) groups is 3. The maximum atomic E-state index is 13.4. The number of allylic oxidation sites excluding steroid dienone is 2. The van der Waals surface area contributed by atoms with Gasteiger partial charge in [-0.25, -0.2) is 57.4 Å².